The van der Waals surface area contributed by atoms with Gasteiger partial charge in [-0.2, -0.15) is 5.26 Å². The van der Waals surface area contributed by atoms with Gasteiger partial charge in [0.15, 0.2) is 0 Å². The maximum absolute atomic E-state index is 12.1. The minimum Gasteiger partial charge on any atom is -0.444 e. The number of benzene rings is 1. The Morgan fingerprint density at radius 1 is 1.40 bits per heavy atom. The van der Waals surface area contributed by atoms with E-state index >= 15 is 0 Å². The van der Waals surface area contributed by atoms with Crippen LogP contribution in [0.4, 0.5) is 16.2 Å². The molecule has 1 saturated heterocycles. The summed E-state index contributed by atoms with van der Waals surface area (Å²) in [6.45, 7) is 6.52. The minimum absolute atomic E-state index is 0.0188. The van der Waals surface area contributed by atoms with Gasteiger partial charge >= 0.3 is 6.09 Å². The van der Waals surface area contributed by atoms with Gasteiger partial charge in [-0.1, -0.05) is 0 Å². The zero-order valence-corrected chi connectivity index (χ0v) is 14.6. The number of carbonyl (C=O) groups is 1. The fourth-order valence-electron chi connectivity index (χ4n) is 2.63. The average molecular weight is 346 g/mol. The molecule has 0 radical (unpaired) electrons. The molecule has 134 valence electrons. The molecule has 25 heavy (non-hydrogen) atoms. The van der Waals surface area contributed by atoms with Crippen LogP contribution >= 0.6 is 0 Å². The first-order valence-corrected chi connectivity index (χ1v) is 8.12. The van der Waals surface area contributed by atoms with Crippen LogP contribution in [-0.2, 0) is 4.74 Å². The standard InChI is InChI=1S/C17H22N4O4/c1-17(2,3)25-16(22)20-8-6-13(7-9-20)19-14-5-4-12(11-18)10-15(14)21(23)24/h4-5,10,13,19H,6-9H2,1-3H3. The fourth-order valence-corrected chi connectivity index (χ4v) is 2.63. The van der Waals surface area contributed by atoms with E-state index in [4.69, 9.17) is 10.00 Å². The summed E-state index contributed by atoms with van der Waals surface area (Å²) < 4.78 is 5.35. The van der Waals surface area contributed by atoms with E-state index in [1.165, 1.54) is 6.07 Å². The SMILES string of the molecule is CC(C)(C)OC(=O)N1CCC(Nc2ccc(C#N)cc2[N+](=O)[O-])CC1. The maximum Gasteiger partial charge on any atom is 0.410 e. The van der Waals surface area contributed by atoms with Crippen molar-refractivity contribution in [1.82, 2.24) is 4.90 Å². The van der Waals surface area contributed by atoms with E-state index in [-0.39, 0.29) is 23.4 Å². The Morgan fingerprint density at radius 2 is 2.04 bits per heavy atom. The lowest BCUT2D eigenvalue weighted by Gasteiger charge is -2.34. The van der Waals surface area contributed by atoms with Crippen LogP contribution in [0.2, 0.25) is 0 Å². The number of nitro groups is 1. The topological polar surface area (TPSA) is 108 Å². The number of nitrogens with zero attached hydrogens (tertiary/aromatic N) is 3. The first kappa shape index (κ1) is 18.5. The first-order valence-electron chi connectivity index (χ1n) is 8.12. The highest BCUT2D eigenvalue weighted by atomic mass is 16.6. The van der Waals surface area contributed by atoms with E-state index in [1.54, 1.807) is 17.0 Å². The summed E-state index contributed by atoms with van der Waals surface area (Å²) in [4.78, 5) is 24.4. The van der Waals surface area contributed by atoms with E-state index in [0.29, 0.717) is 31.6 Å². The normalized spacial score (nSPS) is 15.4. The second kappa shape index (κ2) is 7.38. The molecule has 0 atom stereocenters. The Balaban J connectivity index is 1.98. The van der Waals surface area contributed by atoms with Crippen LogP contribution in [0.3, 0.4) is 0 Å². The number of hydrogen-bond acceptors (Lipinski definition) is 6. The molecule has 1 aliphatic heterocycles. The van der Waals surface area contributed by atoms with Crippen LogP contribution in [0.25, 0.3) is 0 Å². The Kier molecular flexibility index (Phi) is 5.47. The molecular formula is C17H22N4O4. The first-order chi connectivity index (χ1) is 11.7. The molecule has 8 heteroatoms. The van der Waals surface area contributed by atoms with Gasteiger partial charge in [0.25, 0.3) is 5.69 Å². The number of piperidine rings is 1. The van der Waals surface area contributed by atoms with Crippen molar-refractivity contribution in [2.75, 3.05) is 18.4 Å². The predicted octanol–water partition coefficient (Wildman–Crippen LogP) is 3.28. The molecule has 8 nitrogen and oxygen atoms in total. The average Bonchev–Trinajstić information content (AvgIpc) is 2.54. The molecule has 1 aliphatic rings. The molecule has 1 amide bonds. The molecule has 1 heterocycles. The lowest BCUT2D eigenvalue weighted by Crippen LogP contribution is -2.44. The van der Waals surface area contributed by atoms with E-state index in [1.807, 2.05) is 26.8 Å². The summed E-state index contributed by atoms with van der Waals surface area (Å²) in [6.07, 6.45) is 0.989. The van der Waals surface area contributed by atoms with Crippen molar-refractivity contribution in [1.29, 1.82) is 5.26 Å². The largest absolute Gasteiger partial charge is 0.444 e. The Morgan fingerprint density at radius 3 is 2.56 bits per heavy atom. The maximum atomic E-state index is 12.1. The second-order valence-electron chi connectivity index (χ2n) is 6.99. The number of carbonyl (C=O) groups excluding carboxylic acids is 1. The molecule has 1 N–H and O–H groups in total. The van der Waals surface area contributed by atoms with Gasteiger partial charge in [-0.25, -0.2) is 4.79 Å². The summed E-state index contributed by atoms with van der Waals surface area (Å²) in [7, 11) is 0. The highest BCUT2D eigenvalue weighted by Crippen LogP contribution is 2.28. The second-order valence-corrected chi connectivity index (χ2v) is 6.99. The smallest absolute Gasteiger partial charge is 0.410 e. The monoisotopic (exact) mass is 346 g/mol. The van der Waals surface area contributed by atoms with Crippen LogP contribution in [0, 0.1) is 21.4 Å². The number of nitrogens with one attached hydrogen (secondary N) is 1. The summed E-state index contributed by atoms with van der Waals surface area (Å²) in [5.74, 6) is 0. The zero-order chi connectivity index (χ0) is 18.6. The summed E-state index contributed by atoms with van der Waals surface area (Å²) in [5.41, 5.74) is -0.0136. The van der Waals surface area contributed by atoms with Crippen molar-refractivity contribution in [3.8, 4) is 6.07 Å². The van der Waals surface area contributed by atoms with Gasteiger partial charge in [-0.15, -0.1) is 0 Å². The van der Waals surface area contributed by atoms with Gasteiger partial charge in [0.1, 0.15) is 11.3 Å². The molecule has 0 aliphatic carbocycles. The van der Waals surface area contributed by atoms with Crippen LogP contribution in [0.5, 0.6) is 0 Å². The van der Waals surface area contributed by atoms with Crippen molar-refractivity contribution >= 4 is 17.5 Å². The molecule has 0 spiro atoms. The van der Waals surface area contributed by atoms with Crippen molar-refractivity contribution in [2.45, 2.75) is 45.3 Å². The molecule has 1 aromatic carbocycles. The molecule has 0 aromatic heterocycles. The highest BCUT2D eigenvalue weighted by Gasteiger charge is 2.27. The van der Waals surface area contributed by atoms with E-state index in [9.17, 15) is 14.9 Å². The number of rotatable bonds is 3. The van der Waals surface area contributed by atoms with Crippen molar-refractivity contribution in [3.05, 3.63) is 33.9 Å². The molecule has 1 aromatic rings. The third-order valence-corrected chi connectivity index (χ3v) is 3.83. The number of nitro benzene ring substituents is 1. The van der Waals surface area contributed by atoms with Crippen LogP contribution < -0.4 is 5.32 Å². The Bertz CT molecular complexity index is 698. The number of nitriles is 1. The number of hydrogen-bond donors (Lipinski definition) is 1. The van der Waals surface area contributed by atoms with Crippen LogP contribution in [-0.4, -0.2) is 40.6 Å². The van der Waals surface area contributed by atoms with Crippen LogP contribution in [0.1, 0.15) is 39.2 Å². The molecule has 0 unspecified atom stereocenters. The van der Waals surface area contributed by atoms with Crippen molar-refractivity contribution in [2.24, 2.45) is 0 Å². The number of ether oxygens (including phenoxy) is 1. The summed E-state index contributed by atoms with van der Waals surface area (Å²) >= 11 is 0. The Hall–Kier alpha value is -2.82. The van der Waals surface area contributed by atoms with Crippen molar-refractivity contribution in [3.63, 3.8) is 0 Å². The number of amides is 1. The highest BCUT2D eigenvalue weighted by molar-refractivity contribution is 5.68. The van der Waals surface area contributed by atoms with Gasteiger partial charge in [-0.3, -0.25) is 10.1 Å². The van der Waals surface area contributed by atoms with Gasteiger partial charge in [-0.05, 0) is 45.7 Å². The van der Waals surface area contributed by atoms with Crippen LogP contribution in [0.15, 0.2) is 18.2 Å². The van der Waals surface area contributed by atoms with Gasteiger partial charge in [0.2, 0.25) is 0 Å². The minimum atomic E-state index is -0.532. The van der Waals surface area contributed by atoms with E-state index in [2.05, 4.69) is 5.32 Å². The van der Waals surface area contributed by atoms with Gasteiger partial charge < -0.3 is 15.0 Å². The molecule has 2 rings (SSSR count). The van der Waals surface area contributed by atoms with E-state index < -0.39 is 10.5 Å². The summed E-state index contributed by atoms with van der Waals surface area (Å²) in [5, 5.41) is 23.2. The van der Waals surface area contributed by atoms with Crippen molar-refractivity contribution < 1.29 is 14.5 Å². The number of likely N-dealkylation sites (tertiary alicyclic amines) is 1. The van der Waals surface area contributed by atoms with Gasteiger partial charge in [0, 0.05) is 25.2 Å². The third kappa shape index (κ3) is 5.08. The quantitative estimate of drug-likeness (QED) is 0.664. The number of anilines is 1. The lowest BCUT2D eigenvalue weighted by molar-refractivity contribution is -0.384. The van der Waals surface area contributed by atoms with E-state index in [0.717, 1.165) is 0 Å². The molecule has 0 saturated carbocycles. The Labute approximate surface area is 146 Å². The zero-order valence-electron chi connectivity index (χ0n) is 14.6. The molecule has 0 bridgehead atoms. The van der Waals surface area contributed by atoms with Gasteiger partial charge in [0.05, 0.1) is 16.6 Å². The third-order valence-electron chi connectivity index (χ3n) is 3.83. The predicted molar refractivity (Wildman–Crippen MR) is 92.3 cm³/mol. The molecular weight excluding hydrogens is 324 g/mol. The fraction of sp³-hybridized carbons (Fsp3) is 0.529. The summed E-state index contributed by atoms with van der Waals surface area (Å²) in [6, 6.07) is 6.28. The lowest BCUT2D eigenvalue weighted by atomic mass is 10.0. The molecule has 1 fully saturated rings.